The molecule has 1 amide bonds. The summed E-state index contributed by atoms with van der Waals surface area (Å²) in [6, 6.07) is 10.1. The molecule has 0 spiro atoms. The zero-order chi connectivity index (χ0) is 19.3. The molecule has 142 valence electrons. The first kappa shape index (κ1) is 20.0. The molecule has 26 heavy (non-hydrogen) atoms. The Labute approximate surface area is 154 Å². The maximum absolute atomic E-state index is 12.7. The summed E-state index contributed by atoms with van der Waals surface area (Å²) in [6.07, 6.45) is 1.46. The van der Waals surface area contributed by atoms with E-state index in [4.69, 9.17) is 8.60 Å². The fourth-order valence-corrected chi connectivity index (χ4v) is 2.93. The van der Waals surface area contributed by atoms with Crippen molar-refractivity contribution in [3.8, 4) is 5.75 Å². The topological polar surface area (TPSA) is 76.8 Å². The van der Waals surface area contributed by atoms with Crippen LogP contribution in [0.3, 0.4) is 0 Å². The number of rotatable bonds is 8. The molecule has 0 aliphatic heterocycles. The van der Waals surface area contributed by atoms with Gasteiger partial charge in [-0.3, -0.25) is 4.79 Å². The summed E-state index contributed by atoms with van der Waals surface area (Å²) in [5.41, 5.74) is 0.780. The zero-order valence-corrected chi connectivity index (χ0v) is 16.3. The molecule has 1 heterocycles. The van der Waals surface area contributed by atoms with Crippen LogP contribution in [0.5, 0.6) is 5.75 Å². The van der Waals surface area contributed by atoms with E-state index in [1.807, 2.05) is 19.9 Å². The summed E-state index contributed by atoms with van der Waals surface area (Å²) >= 11 is 0. The van der Waals surface area contributed by atoms with E-state index in [2.05, 4.69) is 0 Å². The minimum atomic E-state index is -3.66. The lowest BCUT2D eigenvalue weighted by atomic mass is 10.1. The molecule has 0 bridgehead atoms. The van der Waals surface area contributed by atoms with Crippen molar-refractivity contribution < 1.29 is 21.8 Å². The summed E-state index contributed by atoms with van der Waals surface area (Å²) in [5, 5.41) is -0.635. The van der Waals surface area contributed by atoms with Crippen molar-refractivity contribution >= 4 is 16.0 Å². The van der Waals surface area contributed by atoms with E-state index in [-0.39, 0.29) is 23.3 Å². The third-order valence-corrected chi connectivity index (χ3v) is 5.25. The highest BCUT2D eigenvalue weighted by atomic mass is 32.2. The summed E-state index contributed by atoms with van der Waals surface area (Å²) < 4.78 is 34.3. The Morgan fingerprint density at radius 1 is 1.15 bits per heavy atom. The number of hydrogen-bond acceptors (Lipinski definition) is 5. The Morgan fingerprint density at radius 2 is 1.88 bits per heavy atom. The molecule has 0 N–H and O–H groups in total. The molecular formula is C19H25NO5S. The third-order valence-electron chi connectivity index (χ3n) is 3.67. The van der Waals surface area contributed by atoms with Crippen molar-refractivity contribution in [1.29, 1.82) is 0 Å². The van der Waals surface area contributed by atoms with Crippen LogP contribution in [-0.2, 0) is 16.7 Å². The quantitative estimate of drug-likeness (QED) is 0.654. The summed E-state index contributed by atoms with van der Waals surface area (Å²) in [6.45, 7) is 8.05. The van der Waals surface area contributed by atoms with Gasteiger partial charge in [0, 0.05) is 13.1 Å². The number of benzene rings is 1. The largest absolute Gasteiger partial charge is 0.459 e. The molecule has 0 fully saturated rings. The average molecular weight is 379 g/mol. The Hall–Kier alpha value is -2.28. The molecule has 0 aliphatic carbocycles. The molecule has 2 aromatic rings. The molecule has 0 atom stereocenters. The molecule has 0 saturated carbocycles. The first-order valence-corrected chi connectivity index (χ1v) is 10.0. The fourth-order valence-electron chi connectivity index (χ4n) is 2.36. The van der Waals surface area contributed by atoms with Crippen LogP contribution < -0.4 is 4.18 Å². The smallest absolute Gasteiger partial charge is 0.311 e. The molecule has 7 heteroatoms. The van der Waals surface area contributed by atoms with Crippen molar-refractivity contribution in [2.24, 2.45) is 5.92 Å². The first-order valence-electron chi connectivity index (χ1n) is 8.54. The number of furan rings is 1. The minimum Gasteiger partial charge on any atom is -0.459 e. The van der Waals surface area contributed by atoms with Gasteiger partial charge >= 0.3 is 10.1 Å². The SMILES string of the molecule is CC(C)CN(Cc1cccc(OS(=O)(=O)C(C)C)c1)C(=O)c1ccco1. The predicted molar refractivity (Wildman–Crippen MR) is 99.4 cm³/mol. The molecule has 0 radical (unpaired) electrons. The second-order valence-corrected chi connectivity index (χ2v) is 8.92. The molecule has 0 unspecified atom stereocenters. The molecule has 1 aromatic heterocycles. The third kappa shape index (κ3) is 5.36. The van der Waals surface area contributed by atoms with Gasteiger partial charge in [0.05, 0.1) is 11.5 Å². The Bertz CT molecular complexity index is 825. The van der Waals surface area contributed by atoms with Crippen LogP contribution in [0.15, 0.2) is 47.1 Å². The second-order valence-electron chi connectivity index (χ2n) is 6.83. The number of hydrogen-bond donors (Lipinski definition) is 0. The zero-order valence-electron chi connectivity index (χ0n) is 15.5. The number of carbonyl (C=O) groups is 1. The van der Waals surface area contributed by atoms with Gasteiger partial charge in [0.25, 0.3) is 5.91 Å². The van der Waals surface area contributed by atoms with Gasteiger partial charge in [0.1, 0.15) is 5.75 Å². The van der Waals surface area contributed by atoms with Crippen molar-refractivity contribution in [3.05, 3.63) is 54.0 Å². The Morgan fingerprint density at radius 3 is 2.46 bits per heavy atom. The van der Waals surface area contributed by atoms with Crippen molar-refractivity contribution in [2.45, 2.75) is 39.5 Å². The van der Waals surface area contributed by atoms with E-state index in [0.29, 0.717) is 13.1 Å². The Balaban J connectivity index is 2.20. The molecule has 0 saturated heterocycles. The van der Waals surface area contributed by atoms with E-state index in [0.717, 1.165) is 5.56 Å². The monoisotopic (exact) mass is 379 g/mol. The minimum absolute atomic E-state index is 0.204. The van der Waals surface area contributed by atoms with Crippen LogP contribution in [0, 0.1) is 5.92 Å². The van der Waals surface area contributed by atoms with Crippen LogP contribution in [0.2, 0.25) is 0 Å². The lowest BCUT2D eigenvalue weighted by Gasteiger charge is -2.24. The maximum atomic E-state index is 12.7. The summed E-state index contributed by atoms with van der Waals surface area (Å²) in [4.78, 5) is 14.3. The van der Waals surface area contributed by atoms with Gasteiger partial charge in [0.15, 0.2) is 5.76 Å². The molecular weight excluding hydrogens is 354 g/mol. The van der Waals surface area contributed by atoms with Crippen LogP contribution in [0.1, 0.15) is 43.8 Å². The van der Waals surface area contributed by atoms with E-state index < -0.39 is 15.4 Å². The summed E-state index contributed by atoms with van der Waals surface area (Å²) in [5.74, 6) is 0.589. The molecule has 1 aromatic carbocycles. The highest BCUT2D eigenvalue weighted by Gasteiger charge is 2.21. The fraction of sp³-hybridized carbons (Fsp3) is 0.421. The summed E-state index contributed by atoms with van der Waals surface area (Å²) in [7, 11) is -3.66. The van der Waals surface area contributed by atoms with Gasteiger partial charge in [-0.05, 0) is 49.6 Å². The van der Waals surface area contributed by atoms with Crippen molar-refractivity contribution in [2.75, 3.05) is 6.54 Å². The highest BCUT2D eigenvalue weighted by molar-refractivity contribution is 7.87. The lowest BCUT2D eigenvalue weighted by molar-refractivity contribution is 0.0690. The number of nitrogens with zero attached hydrogens (tertiary/aromatic N) is 1. The molecule has 2 rings (SSSR count). The van der Waals surface area contributed by atoms with Crippen molar-refractivity contribution in [3.63, 3.8) is 0 Å². The molecule has 0 aliphatic rings. The number of amides is 1. The number of carbonyl (C=O) groups excluding carboxylic acids is 1. The predicted octanol–water partition coefficient (Wildman–Crippen LogP) is 3.70. The lowest BCUT2D eigenvalue weighted by Crippen LogP contribution is -2.33. The van der Waals surface area contributed by atoms with Crippen LogP contribution >= 0.6 is 0 Å². The van der Waals surface area contributed by atoms with E-state index in [1.165, 1.54) is 6.26 Å². The van der Waals surface area contributed by atoms with E-state index in [9.17, 15) is 13.2 Å². The van der Waals surface area contributed by atoms with Gasteiger partial charge in [-0.15, -0.1) is 0 Å². The Kier molecular flexibility index (Phi) is 6.47. The highest BCUT2D eigenvalue weighted by Crippen LogP contribution is 2.20. The first-order chi connectivity index (χ1) is 12.2. The average Bonchev–Trinajstić information content (AvgIpc) is 3.07. The van der Waals surface area contributed by atoms with Crippen LogP contribution in [0.25, 0.3) is 0 Å². The second kappa shape index (κ2) is 8.40. The van der Waals surface area contributed by atoms with Crippen LogP contribution in [0.4, 0.5) is 0 Å². The van der Waals surface area contributed by atoms with Gasteiger partial charge in [0.2, 0.25) is 0 Å². The van der Waals surface area contributed by atoms with Gasteiger partial charge < -0.3 is 13.5 Å². The van der Waals surface area contributed by atoms with E-state index in [1.54, 1.807) is 49.1 Å². The van der Waals surface area contributed by atoms with E-state index >= 15 is 0 Å². The van der Waals surface area contributed by atoms with Gasteiger partial charge in [-0.25, -0.2) is 0 Å². The molecule has 6 nitrogen and oxygen atoms in total. The van der Waals surface area contributed by atoms with Crippen molar-refractivity contribution in [1.82, 2.24) is 4.90 Å². The standard InChI is InChI=1S/C19H25NO5S/c1-14(2)12-20(19(21)18-9-6-10-24-18)13-16-7-5-8-17(11-16)25-26(22,23)15(3)4/h5-11,14-15H,12-13H2,1-4H3. The van der Waals surface area contributed by atoms with Gasteiger partial charge in [-0.1, -0.05) is 26.0 Å². The van der Waals surface area contributed by atoms with Crippen LogP contribution in [-0.4, -0.2) is 31.0 Å². The van der Waals surface area contributed by atoms with Gasteiger partial charge in [-0.2, -0.15) is 8.42 Å². The maximum Gasteiger partial charge on any atom is 0.311 e. The normalized spacial score (nSPS) is 11.8.